The Morgan fingerprint density at radius 3 is 2.62 bits per heavy atom. The number of hydrogen-bond donors (Lipinski definition) is 2. The molecule has 0 spiro atoms. The fourth-order valence-electron chi connectivity index (χ4n) is 1.35. The van der Waals surface area contributed by atoms with Crippen molar-refractivity contribution in [3.05, 3.63) is 34.6 Å². The molecule has 0 saturated heterocycles. The van der Waals surface area contributed by atoms with Crippen molar-refractivity contribution < 1.29 is 14.6 Å². The third kappa shape index (κ3) is 3.17. The number of aliphatic hydroxyl groups excluding tert-OH is 1. The van der Waals surface area contributed by atoms with E-state index in [0.29, 0.717) is 17.0 Å². The Labute approximate surface area is 99.7 Å². The summed E-state index contributed by atoms with van der Waals surface area (Å²) in [6.45, 7) is 3.30. The lowest BCUT2D eigenvalue weighted by Crippen LogP contribution is -2.40. The summed E-state index contributed by atoms with van der Waals surface area (Å²) in [4.78, 5) is 0. The number of benzene rings is 1. The molecule has 0 saturated carbocycles. The normalized spacial score (nSPS) is 16.9. The molecule has 1 aromatic rings. The van der Waals surface area contributed by atoms with Crippen LogP contribution in [0, 0.1) is 5.82 Å². The summed E-state index contributed by atoms with van der Waals surface area (Å²) in [6.07, 6.45) is -0.513. The van der Waals surface area contributed by atoms with Gasteiger partial charge in [-0.15, -0.1) is 0 Å². The number of aliphatic hydroxyl groups is 2. The largest absolute Gasteiger partial charge is 0.390 e. The number of hydrogen-bond acceptors (Lipinski definition) is 2. The maximum Gasteiger partial charge on any atom is 0.127 e. The zero-order valence-electron chi connectivity index (χ0n) is 9.37. The van der Waals surface area contributed by atoms with Crippen LogP contribution in [-0.2, 0) is 6.42 Å². The quantitative estimate of drug-likeness (QED) is 0.857. The smallest absolute Gasteiger partial charge is 0.127 e. The highest BCUT2D eigenvalue weighted by atomic mass is 35.5. The van der Waals surface area contributed by atoms with Crippen LogP contribution in [0.3, 0.4) is 0 Å². The molecule has 0 radical (unpaired) electrons. The van der Waals surface area contributed by atoms with E-state index >= 15 is 0 Å². The molecule has 0 aliphatic carbocycles. The minimum Gasteiger partial charge on any atom is -0.390 e. The summed E-state index contributed by atoms with van der Waals surface area (Å²) in [5, 5.41) is 19.9. The molecule has 0 aromatic heterocycles. The first-order valence-electron chi connectivity index (χ1n) is 5.21. The second kappa shape index (κ2) is 5.13. The van der Waals surface area contributed by atoms with Crippen molar-refractivity contribution >= 4 is 11.6 Å². The van der Waals surface area contributed by atoms with Crippen molar-refractivity contribution in [3.8, 4) is 0 Å². The molecule has 0 amide bonds. The average Bonchev–Trinajstić information content (AvgIpc) is 2.22. The molecule has 2 N–H and O–H groups in total. The van der Waals surface area contributed by atoms with Gasteiger partial charge in [-0.1, -0.05) is 24.6 Å². The second-order valence-electron chi connectivity index (χ2n) is 4.17. The summed E-state index contributed by atoms with van der Waals surface area (Å²) in [7, 11) is 0. The Morgan fingerprint density at radius 1 is 1.50 bits per heavy atom. The van der Waals surface area contributed by atoms with Crippen LogP contribution in [-0.4, -0.2) is 21.9 Å². The lowest BCUT2D eigenvalue weighted by molar-refractivity contribution is -0.0632. The molecule has 90 valence electrons. The number of rotatable bonds is 4. The Morgan fingerprint density at radius 2 is 2.12 bits per heavy atom. The van der Waals surface area contributed by atoms with Crippen LogP contribution in [0.4, 0.5) is 4.39 Å². The fourth-order valence-corrected chi connectivity index (χ4v) is 1.51. The van der Waals surface area contributed by atoms with E-state index in [1.807, 2.05) is 0 Å². The SMILES string of the molecule is CCC(C)(O)C(O)Cc1ccc(Cl)cc1F. The van der Waals surface area contributed by atoms with Crippen molar-refractivity contribution in [2.75, 3.05) is 0 Å². The molecule has 0 heterocycles. The van der Waals surface area contributed by atoms with Gasteiger partial charge in [-0.25, -0.2) is 4.39 Å². The van der Waals surface area contributed by atoms with Crippen LogP contribution in [0.25, 0.3) is 0 Å². The minimum atomic E-state index is -1.20. The predicted octanol–water partition coefficient (Wildman–Crippen LogP) is 2.54. The van der Waals surface area contributed by atoms with Gasteiger partial charge in [-0.2, -0.15) is 0 Å². The molecular weight excluding hydrogens is 231 g/mol. The van der Waals surface area contributed by atoms with E-state index in [2.05, 4.69) is 0 Å². The Hall–Kier alpha value is -0.640. The van der Waals surface area contributed by atoms with Crippen LogP contribution in [0.2, 0.25) is 5.02 Å². The Balaban J connectivity index is 2.81. The van der Waals surface area contributed by atoms with E-state index in [9.17, 15) is 14.6 Å². The highest BCUT2D eigenvalue weighted by molar-refractivity contribution is 6.30. The summed E-state index contributed by atoms with van der Waals surface area (Å²) in [5.74, 6) is -0.460. The van der Waals surface area contributed by atoms with Crippen molar-refractivity contribution in [1.82, 2.24) is 0 Å². The third-order valence-electron chi connectivity index (χ3n) is 2.86. The zero-order valence-corrected chi connectivity index (χ0v) is 10.1. The van der Waals surface area contributed by atoms with Gasteiger partial charge in [0.25, 0.3) is 0 Å². The molecule has 0 aliphatic heterocycles. The third-order valence-corrected chi connectivity index (χ3v) is 3.10. The molecule has 0 bridgehead atoms. The fraction of sp³-hybridized carbons (Fsp3) is 0.500. The van der Waals surface area contributed by atoms with Gasteiger partial charge >= 0.3 is 0 Å². The van der Waals surface area contributed by atoms with Gasteiger partial charge in [-0.05, 0) is 31.0 Å². The monoisotopic (exact) mass is 246 g/mol. The summed E-state index contributed by atoms with van der Waals surface area (Å²) in [5.41, 5.74) is -0.850. The molecule has 16 heavy (non-hydrogen) atoms. The maximum atomic E-state index is 13.4. The first-order chi connectivity index (χ1) is 7.36. The van der Waals surface area contributed by atoms with E-state index in [4.69, 9.17) is 11.6 Å². The van der Waals surface area contributed by atoms with Crippen LogP contribution < -0.4 is 0 Å². The average molecular weight is 247 g/mol. The Kier molecular flexibility index (Phi) is 4.30. The minimum absolute atomic E-state index is 0.0733. The maximum absolute atomic E-state index is 13.4. The molecule has 1 rings (SSSR count). The van der Waals surface area contributed by atoms with Gasteiger partial charge in [-0.3, -0.25) is 0 Å². The zero-order chi connectivity index (χ0) is 12.3. The van der Waals surface area contributed by atoms with Crippen molar-refractivity contribution in [2.24, 2.45) is 0 Å². The van der Waals surface area contributed by atoms with E-state index in [1.165, 1.54) is 19.1 Å². The molecule has 1 aromatic carbocycles. The molecule has 4 heteroatoms. The molecule has 2 atom stereocenters. The van der Waals surface area contributed by atoms with Crippen LogP contribution in [0.5, 0.6) is 0 Å². The molecule has 2 nitrogen and oxygen atoms in total. The molecule has 0 fully saturated rings. The van der Waals surface area contributed by atoms with Gasteiger partial charge in [0.05, 0.1) is 11.7 Å². The van der Waals surface area contributed by atoms with Gasteiger partial charge in [0, 0.05) is 11.4 Å². The van der Waals surface area contributed by atoms with Crippen LogP contribution in [0.1, 0.15) is 25.8 Å². The standard InChI is InChI=1S/C12H16ClFO2/c1-3-12(2,16)11(15)6-8-4-5-9(13)7-10(8)14/h4-5,7,11,15-16H,3,6H2,1-2H3. The highest BCUT2D eigenvalue weighted by Crippen LogP contribution is 2.21. The van der Waals surface area contributed by atoms with Gasteiger partial charge < -0.3 is 10.2 Å². The summed E-state index contributed by atoms with van der Waals surface area (Å²) >= 11 is 5.62. The lowest BCUT2D eigenvalue weighted by atomic mass is 9.91. The van der Waals surface area contributed by atoms with E-state index in [-0.39, 0.29) is 6.42 Å². The summed E-state index contributed by atoms with van der Waals surface area (Å²) < 4.78 is 13.4. The van der Waals surface area contributed by atoms with E-state index in [0.717, 1.165) is 0 Å². The van der Waals surface area contributed by atoms with Gasteiger partial charge in [0.2, 0.25) is 0 Å². The first kappa shape index (κ1) is 13.4. The van der Waals surface area contributed by atoms with Crippen LogP contribution >= 0.6 is 11.6 Å². The second-order valence-corrected chi connectivity index (χ2v) is 4.60. The van der Waals surface area contributed by atoms with Crippen LogP contribution in [0.15, 0.2) is 18.2 Å². The van der Waals surface area contributed by atoms with Crippen molar-refractivity contribution in [3.63, 3.8) is 0 Å². The van der Waals surface area contributed by atoms with E-state index < -0.39 is 17.5 Å². The molecular formula is C12H16ClFO2. The molecule has 0 aliphatic rings. The topological polar surface area (TPSA) is 40.5 Å². The van der Waals surface area contributed by atoms with Gasteiger partial charge in [0.15, 0.2) is 0 Å². The first-order valence-corrected chi connectivity index (χ1v) is 5.59. The lowest BCUT2D eigenvalue weighted by Gasteiger charge is -2.27. The molecule has 2 unspecified atom stereocenters. The number of halogens is 2. The van der Waals surface area contributed by atoms with Crippen molar-refractivity contribution in [2.45, 2.75) is 38.4 Å². The summed E-state index contributed by atoms with van der Waals surface area (Å²) in [6, 6.07) is 4.28. The predicted molar refractivity (Wildman–Crippen MR) is 62.0 cm³/mol. The van der Waals surface area contributed by atoms with E-state index in [1.54, 1.807) is 13.0 Å². The highest BCUT2D eigenvalue weighted by Gasteiger charge is 2.28. The van der Waals surface area contributed by atoms with Crippen molar-refractivity contribution in [1.29, 1.82) is 0 Å². The van der Waals surface area contributed by atoms with Gasteiger partial charge in [0.1, 0.15) is 5.82 Å². The Bertz CT molecular complexity index is 366.